The number of carboxylic acid groups (broad SMARTS) is 1. The molecule has 0 fully saturated rings. The number of benzene rings is 4. The lowest BCUT2D eigenvalue weighted by Gasteiger charge is -2.25. The number of nitrogens with zero attached hydrogens (tertiary/aromatic N) is 1. The number of aliphatic carboxylic acids is 1. The van der Waals surface area contributed by atoms with Gasteiger partial charge < -0.3 is 24.8 Å². The van der Waals surface area contributed by atoms with Gasteiger partial charge in [0.05, 0.1) is 0 Å². The van der Waals surface area contributed by atoms with Gasteiger partial charge in [0.1, 0.15) is 11.9 Å². The molecule has 7 nitrogen and oxygen atoms in total. The smallest absolute Gasteiger partial charge is 0.326 e. The molecule has 0 bridgehead atoms. The van der Waals surface area contributed by atoms with E-state index in [2.05, 4.69) is 10.2 Å². The van der Waals surface area contributed by atoms with Crippen molar-refractivity contribution in [2.45, 2.75) is 25.4 Å². The Hall–Kier alpha value is -4.85. The van der Waals surface area contributed by atoms with Crippen molar-refractivity contribution < 1.29 is 28.6 Å². The number of hydrogen-bond acceptors (Lipinski definition) is 5. The van der Waals surface area contributed by atoms with E-state index < -0.39 is 17.9 Å². The van der Waals surface area contributed by atoms with Gasteiger partial charge >= 0.3 is 5.97 Å². The Labute approximate surface area is 231 Å². The molecule has 1 aliphatic heterocycles. The van der Waals surface area contributed by atoms with E-state index in [-0.39, 0.29) is 19.0 Å². The lowest BCUT2D eigenvalue weighted by atomic mass is 10.0. The van der Waals surface area contributed by atoms with Gasteiger partial charge in [-0.25, -0.2) is 9.18 Å². The summed E-state index contributed by atoms with van der Waals surface area (Å²) in [4.78, 5) is 26.7. The molecule has 8 heteroatoms. The van der Waals surface area contributed by atoms with E-state index in [1.165, 1.54) is 12.1 Å². The zero-order chi connectivity index (χ0) is 27.9. The number of carbonyl (C=O) groups is 2. The zero-order valence-corrected chi connectivity index (χ0v) is 21.8. The molecule has 4 aromatic carbocycles. The fraction of sp³-hybridized carbons (Fsp3) is 0.188. The van der Waals surface area contributed by atoms with Crippen molar-refractivity contribution in [3.63, 3.8) is 0 Å². The summed E-state index contributed by atoms with van der Waals surface area (Å²) in [6.07, 6.45) is 0.919. The maximum atomic E-state index is 13.6. The Bertz CT molecular complexity index is 1460. The summed E-state index contributed by atoms with van der Waals surface area (Å²) in [5.41, 5.74) is 4.11. The van der Waals surface area contributed by atoms with Crippen LogP contribution in [-0.2, 0) is 24.2 Å². The normalized spacial score (nSPS) is 12.5. The van der Waals surface area contributed by atoms with Crippen LogP contribution in [0.15, 0.2) is 97.1 Å². The molecule has 0 saturated carbocycles. The number of hydrogen-bond donors (Lipinski definition) is 2. The number of anilines is 1. The second-order valence-electron chi connectivity index (χ2n) is 9.59. The molecule has 0 spiro atoms. The van der Waals surface area contributed by atoms with Gasteiger partial charge in [-0.05, 0) is 71.6 Å². The lowest BCUT2D eigenvalue weighted by molar-refractivity contribution is -0.139. The molecule has 2 N–H and O–H groups in total. The van der Waals surface area contributed by atoms with Gasteiger partial charge in [-0.2, -0.15) is 0 Å². The Balaban J connectivity index is 1.26. The summed E-state index contributed by atoms with van der Waals surface area (Å²) in [6.45, 7) is 1.41. The number of rotatable bonds is 11. The maximum absolute atomic E-state index is 13.6. The second kappa shape index (κ2) is 12.3. The minimum absolute atomic E-state index is 0.190. The minimum Gasteiger partial charge on any atom is -0.480 e. The molecule has 0 radical (unpaired) electrons. The van der Waals surface area contributed by atoms with Crippen molar-refractivity contribution in [3.05, 3.63) is 125 Å². The molecule has 1 heterocycles. The molecule has 5 rings (SSSR count). The third kappa shape index (κ3) is 6.77. The molecule has 4 aromatic rings. The molecule has 1 unspecified atom stereocenters. The third-order valence-electron chi connectivity index (χ3n) is 6.77. The van der Waals surface area contributed by atoms with E-state index in [0.29, 0.717) is 18.7 Å². The number of fused-ring (bicyclic) bond motifs is 1. The fourth-order valence-corrected chi connectivity index (χ4v) is 4.59. The maximum Gasteiger partial charge on any atom is 0.326 e. The average Bonchev–Trinajstić information content (AvgIpc) is 3.44. The van der Waals surface area contributed by atoms with Gasteiger partial charge in [0.2, 0.25) is 6.79 Å². The van der Waals surface area contributed by atoms with Gasteiger partial charge in [0.15, 0.2) is 11.5 Å². The van der Waals surface area contributed by atoms with Gasteiger partial charge in [-0.15, -0.1) is 0 Å². The van der Waals surface area contributed by atoms with E-state index in [1.807, 2.05) is 60.7 Å². The van der Waals surface area contributed by atoms with Gasteiger partial charge in [0.25, 0.3) is 5.91 Å². The molecule has 0 saturated heterocycles. The summed E-state index contributed by atoms with van der Waals surface area (Å²) >= 11 is 0. The van der Waals surface area contributed by atoms with Gasteiger partial charge in [0, 0.05) is 30.8 Å². The van der Waals surface area contributed by atoms with Crippen LogP contribution in [0.25, 0.3) is 0 Å². The Morgan fingerprint density at radius 3 is 2.27 bits per heavy atom. The fourth-order valence-electron chi connectivity index (χ4n) is 4.59. The van der Waals surface area contributed by atoms with Crippen LogP contribution in [0.1, 0.15) is 27.0 Å². The first-order valence-electron chi connectivity index (χ1n) is 13.0. The Morgan fingerprint density at radius 1 is 0.850 bits per heavy atom. The quantitative estimate of drug-likeness (QED) is 0.271. The molecular formula is C32H29FN2O5. The highest BCUT2D eigenvalue weighted by Gasteiger charge is 2.21. The van der Waals surface area contributed by atoms with Crippen LogP contribution < -0.4 is 19.7 Å². The first-order valence-corrected chi connectivity index (χ1v) is 13.0. The van der Waals surface area contributed by atoms with Crippen LogP contribution in [0, 0.1) is 5.82 Å². The highest BCUT2D eigenvalue weighted by Crippen LogP contribution is 2.32. The van der Waals surface area contributed by atoms with Gasteiger partial charge in [-0.3, -0.25) is 4.79 Å². The highest BCUT2D eigenvalue weighted by molar-refractivity contribution is 5.96. The summed E-state index contributed by atoms with van der Waals surface area (Å²) < 4.78 is 24.5. The Kier molecular flexibility index (Phi) is 8.25. The first-order chi connectivity index (χ1) is 19.4. The molecule has 0 aromatic heterocycles. The topological polar surface area (TPSA) is 88.1 Å². The van der Waals surface area contributed by atoms with Crippen molar-refractivity contribution in [1.82, 2.24) is 5.32 Å². The third-order valence-corrected chi connectivity index (χ3v) is 6.77. The SMILES string of the molecule is O=C(NC(Cc1ccccc1)C(=O)O)c1ccc(CN(CCc2ccc3c(c2)OCO3)c2ccc(F)cc2)cc1. The molecule has 1 atom stereocenters. The largest absolute Gasteiger partial charge is 0.480 e. The van der Waals surface area contributed by atoms with Crippen LogP contribution in [0.2, 0.25) is 0 Å². The van der Waals surface area contributed by atoms with Crippen LogP contribution >= 0.6 is 0 Å². The lowest BCUT2D eigenvalue weighted by Crippen LogP contribution is -2.42. The molecule has 1 aliphatic rings. The Morgan fingerprint density at radius 2 is 1.55 bits per heavy atom. The molecular weight excluding hydrogens is 511 g/mol. The van der Waals surface area contributed by atoms with Crippen molar-refractivity contribution in [1.29, 1.82) is 0 Å². The van der Waals surface area contributed by atoms with Crippen molar-refractivity contribution in [2.24, 2.45) is 0 Å². The summed E-state index contributed by atoms with van der Waals surface area (Å²) in [5, 5.41) is 12.2. The van der Waals surface area contributed by atoms with Crippen molar-refractivity contribution in [3.8, 4) is 11.5 Å². The zero-order valence-electron chi connectivity index (χ0n) is 21.8. The van der Waals surface area contributed by atoms with Crippen LogP contribution in [0.4, 0.5) is 10.1 Å². The summed E-state index contributed by atoms with van der Waals surface area (Å²) in [5.74, 6) is -0.382. The number of halogens is 1. The predicted octanol–water partition coefficient (Wildman–Crippen LogP) is 5.23. The van der Waals surface area contributed by atoms with Gasteiger partial charge in [-0.1, -0.05) is 48.5 Å². The van der Waals surface area contributed by atoms with E-state index in [9.17, 15) is 19.1 Å². The predicted molar refractivity (Wildman–Crippen MR) is 149 cm³/mol. The van der Waals surface area contributed by atoms with Crippen molar-refractivity contribution >= 4 is 17.6 Å². The second-order valence-corrected chi connectivity index (χ2v) is 9.59. The minimum atomic E-state index is -1.09. The first kappa shape index (κ1) is 26.7. The van der Waals surface area contributed by atoms with E-state index in [4.69, 9.17) is 9.47 Å². The summed E-state index contributed by atoms with van der Waals surface area (Å²) in [6, 6.07) is 27.4. The average molecular weight is 541 g/mol. The highest BCUT2D eigenvalue weighted by atomic mass is 19.1. The van der Waals surface area contributed by atoms with Crippen LogP contribution in [0.5, 0.6) is 11.5 Å². The van der Waals surface area contributed by atoms with E-state index in [0.717, 1.165) is 40.3 Å². The van der Waals surface area contributed by atoms with Crippen LogP contribution in [-0.4, -0.2) is 36.4 Å². The molecule has 40 heavy (non-hydrogen) atoms. The number of nitrogens with one attached hydrogen (secondary N) is 1. The standard InChI is InChI=1S/C32H29FN2O5/c33-26-11-13-27(14-12-26)35(17-16-23-8-15-29-30(19-23)40-21-39-29)20-24-6-9-25(10-7-24)31(36)34-28(32(37)38)18-22-4-2-1-3-5-22/h1-15,19,28H,16-18,20-21H2,(H,34,36)(H,37,38). The number of amides is 1. The number of carboxylic acids is 1. The van der Waals surface area contributed by atoms with E-state index >= 15 is 0 Å². The molecule has 1 amide bonds. The molecule has 0 aliphatic carbocycles. The molecule has 204 valence electrons. The van der Waals surface area contributed by atoms with Crippen LogP contribution in [0.3, 0.4) is 0 Å². The number of carbonyl (C=O) groups excluding carboxylic acids is 1. The summed E-state index contributed by atoms with van der Waals surface area (Å²) in [7, 11) is 0. The van der Waals surface area contributed by atoms with E-state index in [1.54, 1.807) is 24.3 Å². The monoisotopic (exact) mass is 540 g/mol. The van der Waals surface area contributed by atoms with Crippen molar-refractivity contribution in [2.75, 3.05) is 18.2 Å². The number of ether oxygens (including phenoxy) is 2.